The summed E-state index contributed by atoms with van der Waals surface area (Å²) in [6, 6.07) is 25.0. The molecule has 0 saturated heterocycles. The summed E-state index contributed by atoms with van der Waals surface area (Å²) in [5.74, 6) is 3.30. The normalized spacial score (nSPS) is 17.2. The van der Waals surface area contributed by atoms with Crippen LogP contribution in [0.1, 0.15) is 89.9 Å². The van der Waals surface area contributed by atoms with Crippen LogP contribution in [0.2, 0.25) is 0 Å². The first-order valence-corrected chi connectivity index (χ1v) is 18.3. The standard InChI is InChI=1S/C42H48N2O4/c1-2-4-8-12-28-46-36-18-16-20-38-40(36)34-26-24-32-22-21-31-23-25-33(43-41(31)42(32)44-34)39-35(45-27-11-7-3-1)17-15-19-37(39)47-29-13-9-5-6-10-14-30-48-38/h15-26H,1-14,27-30H2. The average Bonchev–Trinajstić information content (AvgIpc) is 3.11. The summed E-state index contributed by atoms with van der Waals surface area (Å²) in [6.07, 6.45) is 16.1. The van der Waals surface area contributed by atoms with Crippen molar-refractivity contribution in [1.29, 1.82) is 0 Å². The Kier molecular flexibility index (Phi) is 10.9. The van der Waals surface area contributed by atoms with Crippen molar-refractivity contribution in [3.05, 3.63) is 72.8 Å². The Morgan fingerprint density at radius 2 is 0.625 bits per heavy atom. The molecule has 0 aliphatic carbocycles. The van der Waals surface area contributed by atoms with Gasteiger partial charge in [-0.1, -0.05) is 101 Å². The van der Waals surface area contributed by atoms with E-state index in [0.29, 0.717) is 26.4 Å². The van der Waals surface area contributed by atoms with Gasteiger partial charge in [-0.25, -0.2) is 9.97 Å². The van der Waals surface area contributed by atoms with Gasteiger partial charge in [0.05, 0.1) is 60.0 Å². The lowest BCUT2D eigenvalue weighted by atomic mass is 10.0. The molecule has 6 nitrogen and oxygen atoms in total. The van der Waals surface area contributed by atoms with Crippen molar-refractivity contribution < 1.29 is 18.9 Å². The van der Waals surface area contributed by atoms with Crippen molar-refractivity contribution in [3.63, 3.8) is 0 Å². The Labute approximate surface area is 284 Å². The Bertz CT molecular complexity index is 1690. The zero-order valence-corrected chi connectivity index (χ0v) is 28.2. The molecule has 0 atom stereocenters. The fourth-order valence-corrected chi connectivity index (χ4v) is 6.96. The molecule has 0 unspecified atom stereocenters. The van der Waals surface area contributed by atoms with E-state index in [4.69, 9.17) is 28.9 Å². The number of nitrogens with zero attached hydrogens (tertiary/aromatic N) is 2. The molecule has 2 aromatic heterocycles. The van der Waals surface area contributed by atoms with E-state index in [-0.39, 0.29) is 0 Å². The quantitative estimate of drug-likeness (QED) is 0.156. The first-order chi connectivity index (χ1) is 23.8. The van der Waals surface area contributed by atoms with Crippen LogP contribution in [-0.2, 0) is 0 Å². The SMILES string of the molecule is c1cc2c3c(c1)OCCCCCCCCOc1cccc(c1-c1ccc4ccc5ccc-3nc5c4n1)OCCCCCCCCCCO2. The van der Waals surface area contributed by atoms with E-state index >= 15 is 0 Å². The van der Waals surface area contributed by atoms with Crippen LogP contribution in [0.25, 0.3) is 44.3 Å². The van der Waals surface area contributed by atoms with Gasteiger partial charge in [0.2, 0.25) is 0 Å². The molecule has 5 aromatic rings. The third-order valence-corrected chi connectivity index (χ3v) is 9.62. The molecule has 250 valence electrons. The van der Waals surface area contributed by atoms with Crippen LogP contribution in [0.15, 0.2) is 72.8 Å². The van der Waals surface area contributed by atoms with Crippen molar-refractivity contribution in [2.45, 2.75) is 89.9 Å². The molecule has 7 rings (SSSR count). The minimum absolute atomic E-state index is 0.669. The number of pyridine rings is 2. The lowest BCUT2D eigenvalue weighted by molar-refractivity contribution is 0.286. The zero-order chi connectivity index (χ0) is 32.4. The van der Waals surface area contributed by atoms with Gasteiger partial charge in [-0.2, -0.15) is 0 Å². The van der Waals surface area contributed by atoms with Gasteiger partial charge in [0.15, 0.2) is 0 Å². The number of benzene rings is 3. The van der Waals surface area contributed by atoms with Gasteiger partial charge >= 0.3 is 0 Å². The first-order valence-electron chi connectivity index (χ1n) is 18.3. The number of hydrogen-bond acceptors (Lipinski definition) is 6. The largest absolute Gasteiger partial charge is 0.493 e. The van der Waals surface area contributed by atoms with Gasteiger partial charge in [-0.05, 0) is 62.1 Å². The summed E-state index contributed by atoms with van der Waals surface area (Å²) in [7, 11) is 0. The van der Waals surface area contributed by atoms with E-state index in [2.05, 4.69) is 60.7 Å². The molecule has 2 aliphatic rings. The summed E-state index contributed by atoms with van der Waals surface area (Å²) in [5, 5.41) is 2.07. The van der Waals surface area contributed by atoms with Gasteiger partial charge in [0, 0.05) is 10.8 Å². The number of aromatic nitrogens is 2. The fourth-order valence-electron chi connectivity index (χ4n) is 6.96. The highest BCUT2D eigenvalue weighted by Crippen LogP contribution is 2.41. The number of ether oxygens (including phenoxy) is 4. The van der Waals surface area contributed by atoms with E-state index in [0.717, 1.165) is 106 Å². The van der Waals surface area contributed by atoms with Crippen LogP contribution in [0.5, 0.6) is 23.0 Å². The van der Waals surface area contributed by atoms with Crippen molar-refractivity contribution >= 4 is 21.8 Å². The fraction of sp³-hybridized carbons (Fsp3) is 0.429. The van der Waals surface area contributed by atoms with Crippen LogP contribution in [0.3, 0.4) is 0 Å². The number of rotatable bonds is 0. The minimum atomic E-state index is 0.669. The summed E-state index contributed by atoms with van der Waals surface area (Å²) < 4.78 is 26.0. The summed E-state index contributed by atoms with van der Waals surface area (Å²) in [5.41, 5.74) is 5.20. The highest BCUT2D eigenvalue weighted by Gasteiger charge is 2.19. The molecule has 0 fully saturated rings. The highest BCUT2D eigenvalue weighted by molar-refractivity contribution is 6.04. The molecule has 0 radical (unpaired) electrons. The minimum Gasteiger partial charge on any atom is -0.493 e. The Hall–Kier alpha value is -4.32. The van der Waals surface area contributed by atoms with Gasteiger partial charge in [0.25, 0.3) is 0 Å². The maximum Gasteiger partial charge on any atom is 0.132 e. The van der Waals surface area contributed by atoms with Crippen molar-refractivity contribution in [1.82, 2.24) is 9.97 Å². The van der Waals surface area contributed by atoms with Gasteiger partial charge in [-0.15, -0.1) is 0 Å². The van der Waals surface area contributed by atoms with E-state index in [1.165, 1.54) is 51.4 Å². The molecule has 6 bridgehead atoms. The Morgan fingerprint density at radius 1 is 0.333 bits per heavy atom. The third kappa shape index (κ3) is 7.69. The maximum atomic E-state index is 6.50. The molecular weight excluding hydrogens is 596 g/mol. The van der Waals surface area contributed by atoms with Gasteiger partial charge in [-0.3, -0.25) is 0 Å². The Morgan fingerprint density at radius 3 is 0.958 bits per heavy atom. The van der Waals surface area contributed by atoms with Crippen LogP contribution in [-0.4, -0.2) is 36.4 Å². The van der Waals surface area contributed by atoms with Crippen molar-refractivity contribution in [3.8, 4) is 45.5 Å². The van der Waals surface area contributed by atoms with Crippen LogP contribution >= 0.6 is 0 Å². The van der Waals surface area contributed by atoms with Gasteiger partial charge in [0.1, 0.15) is 23.0 Å². The second kappa shape index (κ2) is 16.2. The zero-order valence-electron chi connectivity index (χ0n) is 28.2. The predicted octanol–water partition coefficient (Wildman–Crippen LogP) is 11.1. The molecule has 48 heavy (non-hydrogen) atoms. The first kappa shape index (κ1) is 32.2. The topological polar surface area (TPSA) is 62.7 Å². The van der Waals surface area contributed by atoms with E-state index < -0.39 is 0 Å². The lowest BCUT2D eigenvalue weighted by Crippen LogP contribution is -2.05. The maximum absolute atomic E-state index is 6.50. The molecule has 3 aromatic carbocycles. The van der Waals surface area contributed by atoms with Crippen LogP contribution in [0, 0.1) is 0 Å². The summed E-state index contributed by atoms with van der Waals surface area (Å²) in [6.45, 7) is 2.70. The predicted molar refractivity (Wildman–Crippen MR) is 195 cm³/mol. The molecule has 0 spiro atoms. The third-order valence-electron chi connectivity index (χ3n) is 9.62. The average molecular weight is 645 g/mol. The summed E-state index contributed by atoms with van der Waals surface area (Å²) >= 11 is 0. The molecule has 0 amide bonds. The van der Waals surface area contributed by atoms with E-state index in [9.17, 15) is 0 Å². The van der Waals surface area contributed by atoms with Crippen LogP contribution < -0.4 is 18.9 Å². The highest BCUT2D eigenvalue weighted by atomic mass is 16.5. The second-order valence-corrected chi connectivity index (χ2v) is 13.2. The molecule has 0 saturated carbocycles. The second-order valence-electron chi connectivity index (χ2n) is 13.2. The summed E-state index contributed by atoms with van der Waals surface area (Å²) in [4.78, 5) is 10.6. The molecular formula is C42H48N2O4. The van der Waals surface area contributed by atoms with Crippen molar-refractivity contribution in [2.24, 2.45) is 0 Å². The van der Waals surface area contributed by atoms with Gasteiger partial charge < -0.3 is 18.9 Å². The lowest BCUT2D eigenvalue weighted by Gasteiger charge is -2.18. The smallest absolute Gasteiger partial charge is 0.132 e. The Balaban J connectivity index is 1.39. The number of hydrogen-bond donors (Lipinski definition) is 0. The molecule has 4 heterocycles. The molecule has 6 heteroatoms. The molecule has 2 aliphatic heterocycles. The van der Waals surface area contributed by atoms with Crippen LogP contribution in [0.4, 0.5) is 0 Å². The van der Waals surface area contributed by atoms with E-state index in [1.54, 1.807) is 0 Å². The van der Waals surface area contributed by atoms with E-state index in [1.807, 2.05) is 12.1 Å². The monoisotopic (exact) mass is 644 g/mol. The van der Waals surface area contributed by atoms with Crippen molar-refractivity contribution in [2.75, 3.05) is 26.4 Å². The molecule has 0 N–H and O–H groups in total.